The first kappa shape index (κ1) is 20.7. The average molecular weight is 495 g/mol. The third-order valence-corrected chi connectivity index (χ3v) is 5.30. The summed E-state index contributed by atoms with van der Waals surface area (Å²) < 4.78 is 22.5. The summed E-state index contributed by atoms with van der Waals surface area (Å²) in [5.74, 6) is -0.834. The lowest BCUT2D eigenvalue weighted by Crippen LogP contribution is -2.55. The van der Waals surface area contributed by atoms with Crippen LogP contribution < -0.4 is 4.74 Å². The third kappa shape index (κ3) is 5.73. The largest absolute Gasteiger partial charge is 0.473 e. The summed E-state index contributed by atoms with van der Waals surface area (Å²) in [4.78, 5) is 38.6. The van der Waals surface area contributed by atoms with Gasteiger partial charge in [-0.3, -0.25) is 14.4 Å². The maximum atomic E-state index is 11.6. The van der Waals surface area contributed by atoms with Crippen molar-refractivity contribution in [2.24, 2.45) is 0 Å². The van der Waals surface area contributed by atoms with Crippen LogP contribution in [0.3, 0.4) is 0 Å². The van der Waals surface area contributed by atoms with Crippen molar-refractivity contribution >= 4 is 52.3 Å². The van der Waals surface area contributed by atoms with Crippen molar-refractivity contribution in [3.8, 4) is 5.75 Å². The van der Waals surface area contributed by atoms with Gasteiger partial charge in [-0.2, -0.15) is 0 Å². The smallest absolute Gasteiger partial charge is 0.303 e. The van der Waals surface area contributed by atoms with Crippen LogP contribution in [0.5, 0.6) is 5.75 Å². The molecule has 1 fully saturated rings. The molecule has 1 aromatic rings. The number of pyridine rings is 1. The van der Waals surface area contributed by atoms with Gasteiger partial charge in [0.15, 0.2) is 29.5 Å². The van der Waals surface area contributed by atoms with E-state index < -0.39 is 41.7 Å². The zero-order valence-electron chi connectivity index (χ0n) is 14.3. The molecular formula is C16H18INO7S. The number of esters is 3. The Labute approximate surface area is 168 Å². The molecule has 0 bridgehead atoms. The summed E-state index contributed by atoms with van der Waals surface area (Å²) in [6, 6.07) is 3.45. The molecule has 0 radical (unpaired) electrons. The molecule has 0 aromatic carbocycles. The SMILES string of the molecule is CC(=O)O[C@@H]1[C@@H](OC(C)=O)[C@H](OC(C)=O)CS[C@H]1Oc1cccnc1I. The van der Waals surface area contributed by atoms with Gasteiger partial charge in [-0.1, -0.05) is 0 Å². The summed E-state index contributed by atoms with van der Waals surface area (Å²) in [7, 11) is 0. The van der Waals surface area contributed by atoms with Crippen LogP contribution in [0.2, 0.25) is 0 Å². The van der Waals surface area contributed by atoms with E-state index in [9.17, 15) is 14.4 Å². The number of halogens is 1. The molecule has 10 heteroatoms. The Morgan fingerprint density at radius 2 is 1.69 bits per heavy atom. The standard InChI is InChI=1S/C16H18INO7S/c1-8(19)22-12-7-26-16(25-11-5-4-6-18-15(11)17)14(24-10(3)21)13(12)23-9(2)20/h4-6,12-14,16H,7H2,1-3H3/t12-,13+,14-,16-/m1/s1. The van der Waals surface area contributed by atoms with Crippen molar-refractivity contribution in [1.82, 2.24) is 4.98 Å². The molecule has 26 heavy (non-hydrogen) atoms. The molecule has 0 unspecified atom stereocenters. The van der Waals surface area contributed by atoms with Crippen LogP contribution in [0, 0.1) is 3.70 Å². The fourth-order valence-corrected chi connectivity index (χ4v) is 4.07. The molecule has 0 saturated carbocycles. The number of ether oxygens (including phenoxy) is 4. The first-order valence-electron chi connectivity index (χ1n) is 7.68. The summed E-state index contributed by atoms with van der Waals surface area (Å²) in [5, 5.41) is 0. The number of thioether (sulfide) groups is 1. The van der Waals surface area contributed by atoms with E-state index in [2.05, 4.69) is 4.98 Å². The van der Waals surface area contributed by atoms with Gasteiger partial charge in [-0.15, -0.1) is 11.8 Å². The maximum Gasteiger partial charge on any atom is 0.303 e. The van der Waals surface area contributed by atoms with Crippen molar-refractivity contribution in [3.05, 3.63) is 22.0 Å². The number of hydrogen-bond donors (Lipinski definition) is 0. The van der Waals surface area contributed by atoms with Crippen LogP contribution in [-0.4, -0.2) is 52.4 Å². The van der Waals surface area contributed by atoms with Crippen LogP contribution in [0.25, 0.3) is 0 Å². The molecule has 0 amide bonds. The minimum absolute atomic E-state index is 0.316. The lowest BCUT2D eigenvalue weighted by Gasteiger charge is -2.39. The number of nitrogens with zero attached hydrogens (tertiary/aromatic N) is 1. The van der Waals surface area contributed by atoms with E-state index in [1.54, 1.807) is 18.3 Å². The Morgan fingerprint density at radius 3 is 2.27 bits per heavy atom. The van der Waals surface area contributed by atoms with Gasteiger partial charge in [-0.05, 0) is 34.7 Å². The predicted molar refractivity (Wildman–Crippen MR) is 100 cm³/mol. The highest BCUT2D eigenvalue weighted by Crippen LogP contribution is 2.35. The quantitative estimate of drug-likeness (QED) is 0.263. The van der Waals surface area contributed by atoms with Gasteiger partial charge in [0.25, 0.3) is 0 Å². The van der Waals surface area contributed by atoms with Crippen LogP contribution in [-0.2, 0) is 28.6 Å². The molecular weight excluding hydrogens is 477 g/mol. The highest BCUT2D eigenvalue weighted by Gasteiger charge is 2.47. The normalized spacial score (nSPS) is 25.1. The lowest BCUT2D eigenvalue weighted by molar-refractivity contribution is -0.186. The van der Waals surface area contributed by atoms with E-state index >= 15 is 0 Å². The molecule has 8 nitrogen and oxygen atoms in total. The Bertz CT molecular complexity index is 686. The molecule has 1 aromatic heterocycles. The Morgan fingerprint density at radius 1 is 1.08 bits per heavy atom. The van der Waals surface area contributed by atoms with Crippen LogP contribution in [0.15, 0.2) is 18.3 Å². The number of hydrogen-bond acceptors (Lipinski definition) is 9. The first-order chi connectivity index (χ1) is 12.3. The van der Waals surface area contributed by atoms with Crippen LogP contribution >= 0.6 is 34.4 Å². The molecule has 0 N–H and O–H groups in total. The summed E-state index contributed by atoms with van der Waals surface area (Å²) in [5.41, 5.74) is -0.659. The van der Waals surface area contributed by atoms with E-state index in [0.29, 0.717) is 15.2 Å². The van der Waals surface area contributed by atoms with E-state index in [-0.39, 0.29) is 0 Å². The number of aromatic nitrogens is 1. The summed E-state index contributed by atoms with van der Waals surface area (Å²) >= 11 is 3.33. The van der Waals surface area contributed by atoms with Gasteiger partial charge < -0.3 is 18.9 Å². The van der Waals surface area contributed by atoms with Crippen molar-refractivity contribution in [1.29, 1.82) is 0 Å². The molecule has 2 rings (SSSR count). The average Bonchev–Trinajstić information content (AvgIpc) is 2.53. The fourth-order valence-electron chi connectivity index (χ4n) is 2.39. The van der Waals surface area contributed by atoms with Crippen LogP contribution in [0.1, 0.15) is 20.8 Å². The van der Waals surface area contributed by atoms with Gasteiger partial charge in [0.1, 0.15) is 3.70 Å². The van der Waals surface area contributed by atoms with Crippen molar-refractivity contribution in [2.45, 2.75) is 44.5 Å². The molecule has 1 aliphatic heterocycles. The van der Waals surface area contributed by atoms with Gasteiger partial charge in [0.05, 0.1) is 0 Å². The minimum atomic E-state index is -0.971. The minimum Gasteiger partial charge on any atom is -0.473 e. The molecule has 1 saturated heterocycles. The van der Waals surface area contributed by atoms with E-state index in [0.717, 1.165) is 0 Å². The monoisotopic (exact) mass is 495 g/mol. The second-order valence-corrected chi connectivity index (χ2v) is 7.56. The Kier molecular flexibility index (Phi) is 7.50. The van der Waals surface area contributed by atoms with E-state index in [4.69, 9.17) is 18.9 Å². The number of rotatable bonds is 5. The van der Waals surface area contributed by atoms with E-state index in [1.807, 2.05) is 22.6 Å². The zero-order chi connectivity index (χ0) is 19.3. The molecule has 1 aliphatic rings. The molecule has 2 heterocycles. The fraction of sp³-hybridized carbons (Fsp3) is 0.500. The topological polar surface area (TPSA) is 101 Å². The van der Waals surface area contributed by atoms with Crippen molar-refractivity contribution < 1.29 is 33.3 Å². The Hall–Kier alpha value is -1.56. The number of carbonyl (C=O) groups is 3. The second-order valence-electron chi connectivity index (χ2n) is 5.41. The van der Waals surface area contributed by atoms with E-state index in [1.165, 1.54) is 32.5 Å². The van der Waals surface area contributed by atoms with Crippen molar-refractivity contribution in [3.63, 3.8) is 0 Å². The third-order valence-electron chi connectivity index (χ3n) is 3.27. The summed E-state index contributed by atoms with van der Waals surface area (Å²) in [6.45, 7) is 3.74. The molecule has 0 spiro atoms. The highest BCUT2D eigenvalue weighted by atomic mass is 127. The lowest BCUT2D eigenvalue weighted by atomic mass is 10.1. The van der Waals surface area contributed by atoms with Crippen LogP contribution in [0.4, 0.5) is 0 Å². The summed E-state index contributed by atoms with van der Waals surface area (Å²) in [6.07, 6.45) is -1.04. The Balaban J connectivity index is 2.29. The number of carbonyl (C=O) groups excluding carboxylic acids is 3. The highest BCUT2D eigenvalue weighted by molar-refractivity contribution is 14.1. The van der Waals surface area contributed by atoms with Gasteiger partial charge in [-0.25, -0.2) is 4.98 Å². The zero-order valence-corrected chi connectivity index (χ0v) is 17.3. The molecule has 4 atom stereocenters. The predicted octanol–water partition coefficient (Wildman–Crippen LogP) is 1.93. The second kappa shape index (κ2) is 9.40. The molecule has 142 valence electrons. The maximum absolute atomic E-state index is 11.6. The molecule has 0 aliphatic carbocycles. The van der Waals surface area contributed by atoms with Gasteiger partial charge in [0, 0.05) is 32.7 Å². The van der Waals surface area contributed by atoms with Crippen molar-refractivity contribution in [2.75, 3.05) is 5.75 Å². The van der Waals surface area contributed by atoms with Gasteiger partial charge in [0.2, 0.25) is 0 Å². The first-order valence-corrected chi connectivity index (χ1v) is 9.81. The van der Waals surface area contributed by atoms with Gasteiger partial charge >= 0.3 is 17.9 Å².